The number of amides is 1. The van der Waals surface area contributed by atoms with E-state index >= 15 is 0 Å². The molecule has 2 aromatic carbocycles. The number of carbonyl (C=O) groups is 1. The number of aromatic nitrogens is 1. The first-order chi connectivity index (χ1) is 15.0. The molecule has 0 aliphatic rings. The maximum atomic E-state index is 13.3. The number of rotatable bonds is 9. The molecule has 3 aromatic rings. The molecule has 1 heterocycles. The molecular weight excluding hydrogens is 394 g/mol. The number of nitrogens with zero attached hydrogens (tertiary/aromatic N) is 3. The molecule has 0 bridgehead atoms. The van der Waals surface area contributed by atoms with E-state index in [1.807, 2.05) is 45.0 Å². The lowest BCUT2D eigenvalue weighted by Crippen LogP contribution is -2.31. The lowest BCUT2D eigenvalue weighted by molar-refractivity contribution is 0.0987. The Balaban J connectivity index is 1.79. The number of carbonyl (C=O) groups excluding carboxylic acids is 1. The molecular formula is C24H25N3O4. The van der Waals surface area contributed by atoms with Crippen molar-refractivity contribution in [1.29, 1.82) is 5.26 Å². The second kappa shape index (κ2) is 10.3. The van der Waals surface area contributed by atoms with E-state index in [-0.39, 0.29) is 18.9 Å². The summed E-state index contributed by atoms with van der Waals surface area (Å²) in [4.78, 5) is 14.8. The first kappa shape index (κ1) is 21.9. The van der Waals surface area contributed by atoms with Crippen LogP contribution < -0.4 is 14.4 Å². The average molecular weight is 419 g/mol. The van der Waals surface area contributed by atoms with Gasteiger partial charge in [0.25, 0.3) is 5.91 Å². The van der Waals surface area contributed by atoms with E-state index in [4.69, 9.17) is 19.3 Å². The topological polar surface area (TPSA) is 88.6 Å². The van der Waals surface area contributed by atoms with Gasteiger partial charge < -0.3 is 18.9 Å². The molecule has 31 heavy (non-hydrogen) atoms. The standard InChI is InChI=1S/C24H25N3O4/c1-4-29-21-11-9-20(10-12-21)27(14-6-13-25)24(28)19-7-5-8-22(15-19)30-16-23-17(2)26-31-18(23)3/h5,7-12,15H,4,6,14,16H2,1-3H3. The molecule has 0 aliphatic heterocycles. The molecule has 160 valence electrons. The SMILES string of the molecule is CCOc1ccc(N(CCC#N)C(=O)c2cccc(OCc3c(C)noc3C)c2)cc1. The Hall–Kier alpha value is -3.79. The number of ether oxygens (including phenoxy) is 2. The Morgan fingerprint density at radius 3 is 2.55 bits per heavy atom. The van der Waals surface area contributed by atoms with Gasteiger partial charge in [0.2, 0.25) is 0 Å². The van der Waals surface area contributed by atoms with E-state index in [0.717, 1.165) is 17.0 Å². The minimum absolute atomic E-state index is 0.206. The van der Waals surface area contributed by atoms with Crippen molar-refractivity contribution in [2.24, 2.45) is 0 Å². The fourth-order valence-corrected chi connectivity index (χ4v) is 3.14. The van der Waals surface area contributed by atoms with Gasteiger partial charge in [-0.3, -0.25) is 4.79 Å². The van der Waals surface area contributed by atoms with Crippen LogP contribution in [0.4, 0.5) is 5.69 Å². The van der Waals surface area contributed by atoms with Crippen LogP contribution in [-0.4, -0.2) is 24.2 Å². The lowest BCUT2D eigenvalue weighted by atomic mass is 10.1. The van der Waals surface area contributed by atoms with Crippen LogP contribution in [0.3, 0.4) is 0 Å². The molecule has 0 saturated carbocycles. The summed E-state index contributed by atoms with van der Waals surface area (Å²) in [7, 11) is 0. The van der Waals surface area contributed by atoms with Gasteiger partial charge in [0.15, 0.2) is 0 Å². The van der Waals surface area contributed by atoms with Crippen LogP contribution in [0.5, 0.6) is 11.5 Å². The summed E-state index contributed by atoms with van der Waals surface area (Å²) in [6.07, 6.45) is 0.223. The Bertz CT molecular complexity index is 1050. The molecule has 1 amide bonds. The Morgan fingerprint density at radius 2 is 1.90 bits per heavy atom. The van der Waals surface area contributed by atoms with Crippen LogP contribution in [0.25, 0.3) is 0 Å². The van der Waals surface area contributed by atoms with Gasteiger partial charge in [0.1, 0.15) is 23.9 Å². The molecule has 0 atom stereocenters. The van der Waals surface area contributed by atoms with Crippen molar-refractivity contribution in [1.82, 2.24) is 5.16 Å². The predicted octanol–water partition coefficient (Wildman–Crippen LogP) is 4.83. The zero-order valence-corrected chi connectivity index (χ0v) is 17.9. The summed E-state index contributed by atoms with van der Waals surface area (Å²) in [6.45, 7) is 6.76. The molecule has 3 rings (SSSR count). The molecule has 0 spiro atoms. The van der Waals surface area contributed by atoms with E-state index in [9.17, 15) is 4.79 Å². The molecule has 0 unspecified atom stereocenters. The summed E-state index contributed by atoms with van der Waals surface area (Å²) in [5.74, 6) is 1.80. The Morgan fingerprint density at radius 1 is 1.13 bits per heavy atom. The molecule has 0 aliphatic carbocycles. The molecule has 0 N–H and O–H groups in total. The Labute approximate surface area is 181 Å². The summed E-state index contributed by atoms with van der Waals surface area (Å²) in [5, 5.41) is 13.0. The van der Waals surface area contributed by atoms with E-state index in [1.165, 1.54) is 0 Å². The maximum absolute atomic E-state index is 13.3. The molecule has 0 radical (unpaired) electrons. The van der Waals surface area contributed by atoms with Crippen molar-refractivity contribution < 1.29 is 18.8 Å². The molecule has 1 aromatic heterocycles. The summed E-state index contributed by atoms with van der Waals surface area (Å²) >= 11 is 0. The fraction of sp³-hybridized carbons (Fsp3) is 0.292. The van der Waals surface area contributed by atoms with Gasteiger partial charge in [0, 0.05) is 17.8 Å². The van der Waals surface area contributed by atoms with Crippen LogP contribution in [-0.2, 0) is 6.61 Å². The highest BCUT2D eigenvalue weighted by Crippen LogP contribution is 2.24. The quantitative estimate of drug-likeness (QED) is 0.494. The molecule has 7 nitrogen and oxygen atoms in total. The lowest BCUT2D eigenvalue weighted by Gasteiger charge is -2.22. The molecule has 7 heteroatoms. The van der Waals surface area contributed by atoms with Crippen molar-refractivity contribution in [3.05, 3.63) is 71.1 Å². The summed E-state index contributed by atoms with van der Waals surface area (Å²) in [5.41, 5.74) is 2.85. The molecule has 0 fully saturated rings. The average Bonchev–Trinajstić information content (AvgIpc) is 3.11. The van der Waals surface area contributed by atoms with Gasteiger partial charge in [-0.1, -0.05) is 11.2 Å². The van der Waals surface area contributed by atoms with Gasteiger partial charge >= 0.3 is 0 Å². The first-order valence-corrected chi connectivity index (χ1v) is 10.1. The predicted molar refractivity (Wildman–Crippen MR) is 116 cm³/mol. The van der Waals surface area contributed by atoms with Crippen molar-refractivity contribution >= 4 is 11.6 Å². The third-order valence-corrected chi connectivity index (χ3v) is 4.80. The maximum Gasteiger partial charge on any atom is 0.258 e. The third-order valence-electron chi connectivity index (χ3n) is 4.80. The second-order valence-electron chi connectivity index (χ2n) is 6.91. The van der Waals surface area contributed by atoms with E-state index in [1.54, 1.807) is 29.2 Å². The first-order valence-electron chi connectivity index (χ1n) is 10.1. The highest BCUT2D eigenvalue weighted by molar-refractivity contribution is 6.06. The highest BCUT2D eigenvalue weighted by atomic mass is 16.5. The zero-order chi connectivity index (χ0) is 22.2. The van der Waals surface area contributed by atoms with Gasteiger partial charge in [-0.15, -0.1) is 0 Å². The van der Waals surface area contributed by atoms with Crippen LogP contribution >= 0.6 is 0 Å². The van der Waals surface area contributed by atoms with Gasteiger partial charge in [-0.25, -0.2) is 0 Å². The van der Waals surface area contributed by atoms with Gasteiger partial charge in [0.05, 0.1) is 30.4 Å². The van der Waals surface area contributed by atoms with E-state index < -0.39 is 0 Å². The van der Waals surface area contributed by atoms with Gasteiger partial charge in [-0.05, 0) is 63.2 Å². The number of nitriles is 1. The van der Waals surface area contributed by atoms with Crippen molar-refractivity contribution in [2.75, 3.05) is 18.1 Å². The second-order valence-corrected chi connectivity index (χ2v) is 6.91. The van der Waals surface area contributed by atoms with E-state index in [0.29, 0.717) is 36.0 Å². The Kier molecular flexibility index (Phi) is 7.28. The normalized spacial score (nSPS) is 10.4. The third kappa shape index (κ3) is 5.43. The number of anilines is 1. The van der Waals surface area contributed by atoms with E-state index in [2.05, 4.69) is 11.2 Å². The highest BCUT2D eigenvalue weighted by Gasteiger charge is 2.19. The number of hydrogen-bond donors (Lipinski definition) is 0. The smallest absolute Gasteiger partial charge is 0.258 e. The van der Waals surface area contributed by atoms with Crippen molar-refractivity contribution in [2.45, 2.75) is 33.8 Å². The zero-order valence-electron chi connectivity index (χ0n) is 17.9. The van der Waals surface area contributed by atoms with Crippen LogP contribution in [0.15, 0.2) is 53.1 Å². The fourth-order valence-electron chi connectivity index (χ4n) is 3.14. The number of aryl methyl sites for hydroxylation is 2. The minimum Gasteiger partial charge on any atom is -0.494 e. The largest absolute Gasteiger partial charge is 0.494 e. The van der Waals surface area contributed by atoms with Gasteiger partial charge in [-0.2, -0.15) is 5.26 Å². The van der Waals surface area contributed by atoms with Crippen molar-refractivity contribution in [3.63, 3.8) is 0 Å². The monoisotopic (exact) mass is 419 g/mol. The number of hydrogen-bond acceptors (Lipinski definition) is 6. The van der Waals surface area contributed by atoms with Crippen LogP contribution in [0, 0.1) is 25.2 Å². The van der Waals surface area contributed by atoms with Crippen LogP contribution in [0.1, 0.15) is 40.7 Å². The minimum atomic E-state index is -0.206. The summed E-state index contributed by atoms with van der Waals surface area (Å²) < 4.78 is 16.5. The number of benzene rings is 2. The van der Waals surface area contributed by atoms with Crippen LogP contribution in [0.2, 0.25) is 0 Å². The summed E-state index contributed by atoms with van der Waals surface area (Å²) in [6, 6.07) is 16.4. The molecule has 0 saturated heterocycles. The van der Waals surface area contributed by atoms with Crippen molar-refractivity contribution in [3.8, 4) is 17.6 Å².